The molecule has 1 aliphatic rings. The molecular formula is C12H10Cl2N2O. The number of nitriles is 1. The van der Waals surface area contributed by atoms with Gasteiger partial charge in [0.2, 0.25) is 5.91 Å². The maximum absolute atomic E-state index is 11.7. The van der Waals surface area contributed by atoms with Crippen molar-refractivity contribution in [3.8, 4) is 6.07 Å². The Hall–Kier alpha value is -1.24. The van der Waals surface area contributed by atoms with Crippen molar-refractivity contribution in [1.82, 2.24) is 5.32 Å². The molecule has 2 rings (SSSR count). The van der Waals surface area contributed by atoms with Crippen LogP contribution in [0, 0.1) is 16.7 Å². The highest BCUT2D eigenvalue weighted by Gasteiger charge is 2.50. The molecule has 0 unspecified atom stereocenters. The molecule has 17 heavy (non-hydrogen) atoms. The molecule has 0 radical (unpaired) electrons. The molecule has 1 amide bonds. The SMILES string of the molecule is N#CC1(C(=O)NCc2ccc(Cl)c(Cl)c2)CC1. The van der Waals surface area contributed by atoms with Gasteiger partial charge in [0.1, 0.15) is 5.41 Å². The van der Waals surface area contributed by atoms with E-state index in [9.17, 15) is 4.79 Å². The van der Waals surface area contributed by atoms with Crippen molar-refractivity contribution >= 4 is 29.1 Å². The number of carbonyl (C=O) groups excluding carboxylic acids is 1. The Kier molecular flexibility index (Phi) is 3.28. The van der Waals surface area contributed by atoms with Gasteiger partial charge in [0.15, 0.2) is 0 Å². The van der Waals surface area contributed by atoms with Gasteiger partial charge in [0.05, 0.1) is 16.1 Å². The van der Waals surface area contributed by atoms with Crippen molar-refractivity contribution in [2.75, 3.05) is 0 Å². The lowest BCUT2D eigenvalue weighted by molar-refractivity contribution is -0.124. The smallest absolute Gasteiger partial charge is 0.240 e. The van der Waals surface area contributed by atoms with Gasteiger partial charge in [-0.2, -0.15) is 5.26 Å². The van der Waals surface area contributed by atoms with E-state index in [0.717, 1.165) is 5.56 Å². The molecule has 0 bridgehead atoms. The second kappa shape index (κ2) is 4.56. The van der Waals surface area contributed by atoms with Gasteiger partial charge in [-0.15, -0.1) is 0 Å². The van der Waals surface area contributed by atoms with Gasteiger partial charge < -0.3 is 5.32 Å². The van der Waals surface area contributed by atoms with Gasteiger partial charge in [-0.3, -0.25) is 4.79 Å². The minimum absolute atomic E-state index is 0.203. The van der Waals surface area contributed by atoms with Gasteiger partial charge in [-0.05, 0) is 30.5 Å². The Labute approximate surface area is 109 Å². The van der Waals surface area contributed by atoms with Crippen LogP contribution in [-0.4, -0.2) is 5.91 Å². The molecule has 0 spiro atoms. The Morgan fingerprint density at radius 1 is 1.41 bits per heavy atom. The number of rotatable bonds is 3. The molecule has 1 N–H and O–H groups in total. The van der Waals surface area contributed by atoms with Gasteiger partial charge in [0.25, 0.3) is 0 Å². The first kappa shape index (κ1) is 12.2. The molecule has 1 saturated carbocycles. The summed E-state index contributed by atoms with van der Waals surface area (Å²) < 4.78 is 0. The first-order chi connectivity index (χ1) is 8.07. The number of amides is 1. The lowest BCUT2D eigenvalue weighted by Gasteiger charge is -2.08. The van der Waals surface area contributed by atoms with E-state index in [2.05, 4.69) is 5.32 Å². The Bertz CT molecular complexity index is 504. The summed E-state index contributed by atoms with van der Waals surface area (Å²) in [6.07, 6.45) is 1.30. The van der Waals surface area contributed by atoms with Crippen LogP contribution in [0.15, 0.2) is 18.2 Å². The maximum atomic E-state index is 11.7. The van der Waals surface area contributed by atoms with E-state index >= 15 is 0 Å². The van der Waals surface area contributed by atoms with Crippen molar-refractivity contribution in [3.63, 3.8) is 0 Å². The Morgan fingerprint density at radius 2 is 2.12 bits per heavy atom. The van der Waals surface area contributed by atoms with Crippen LogP contribution in [0.3, 0.4) is 0 Å². The first-order valence-electron chi connectivity index (χ1n) is 5.21. The van der Waals surface area contributed by atoms with Crippen LogP contribution >= 0.6 is 23.2 Å². The molecule has 0 atom stereocenters. The van der Waals surface area contributed by atoms with Crippen molar-refractivity contribution in [2.45, 2.75) is 19.4 Å². The molecule has 3 nitrogen and oxygen atoms in total. The number of benzene rings is 1. The quantitative estimate of drug-likeness (QED) is 0.917. The predicted molar refractivity (Wildman–Crippen MR) is 65.6 cm³/mol. The zero-order chi connectivity index (χ0) is 12.5. The summed E-state index contributed by atoms with van der Waals surface area (Å²) in [4.78, 5) is 11.7. The highest BCUT2D eigenvalue weighted by molar-refractivity contribution is 6.42. The van der Waals surface area contributed by atoms with Crippen LogP contribution in [-0.2, 0) is 11.3 Å². The molecular weight excluding hydrogens is 259 g/mol. The van der Waals surface area contributed by atoms with E-state index in [1.165, 1.54) is 0 Å². The number of nitrogens with one attached hydrogen (secondary N) is 1. The number of halogens is 2. The minimum atomic E-state index is -0.782. The second-order valence-corrected chi connectivity index (χ2v) is 4.94. The fourth-order valence-electron chi connectivity index (χ4n) is 1.52. The minimum Gasteiger partial charge on any atom is -0.351 e. The van der Waals surface area contributed by atoms with E-state index in [1.54, 1.807) is 18.2 Å². The molecule has 5 heteroatoms. The lowest BCUT2D eigenvalue weighted by Crippen LogP contribution is -2.30. The molecule has 0 aliphatic heterocycles. The van der Waals surface area contributed by atoms with Crippen LogP contribution in [0.1, 0.15) is 18.4 Å². The topological polar surface area (TPSA) is 52.9 Å². The third kappa shape index (κ3) is 2.54. The number of hydrogen-bond acceptors (Lipinski definition) is 2. The standard InChI is InChI=1S/C12H10Cl2N2O/c13-9-2-1-8(5-10(9)14)6-16-11(17)12(7-15)3-4-12/h1-2,5H,3-4,6H2,(H,16,17). The zero-order valence-electron chi connectivity index (χ0n) is 8.96. The van der Waals surface area contributed by atoms with E-state index in [-0.39, 0.29) is 5.91 Å². The number of hydrogen-bond donors (Lipinski definition) is 1. The average Bonchev–Trinajstić information content (AvgIpc) is 3.11. The summed E-state index contributed by atoms with van der Waals surface area (Å²) in [5.74, 6) is -0.203. The molecule has 1 aromatic carbocycles. The molecule has 0 heterocycles. The highest BCUT2D eigenvalue weighted by Crippen LogP contribution is 2.45. The maximum Gasteiger partial charge on any atom is 0.240 e. The number of carbonyl (C=O) groups is 1. The highest BCUT2D eigenvalue weighted by atomic mass is 35.5. The Balaban J connectivity index is 1.97. The van der Waals surface area contributed by atoms with Crippen LogP contribution in [0.4, 0.5) is 0 Å². The van der Waals surface area contributed by atoms with Crippen LogP contribution < -0.4 is 5.32 Å². The van der Waals surface area contributed by atoms with Crippen molar-refractivity contribution < 1.29 is 4.79 Å². The second-order valence-electron chi connectivity index (χ2n) is 4.13. The van der Waals surface area contributed by atoms with Gasteiger partial charge in [-0.25, -0.2) is 0 Å². The Morgan fingerprint density at radius 3 is 2.65 bits per heavy atom. The fraction of sp³-hybridized carbons (Fsp3) is 0.333. The van der Waals surface area contributed by atoms with Gasteiger partial charge >= 0.3 is 0 Å². The first-order valence-corrected chi connectivity index (χ1v) is 5.96. The van der Waals surface area contributed by atoms with Crippen LogP contribution in [0.5, 0.6) is 0 Å². The molecule has 1 fully saturated rings. The molecule has 88 valence electrons. The van der Waals surface area contributed by atoms with Crippen LogP contribution in [0.25, 0.3) is 0 Å². The average molecular weight is 269 g/mol. The van der Waals surface area contributed by atoms with Gasteiger partial charge in [-0.1, -0.05) is 29.3 Å². The molecule has 0 saturated heterocycles. The van der Waals surface area contributed by atoms with E-state index in [1.807, 2.05) is 6.07 Å². The van der Waals surface area contributed by atoms with E-state index < -0.39 is 5.41 Å². The molecule has 1 aliphatic carbocycles. The third-order valence-electron chi connectivity index (χ3n) is 2.84. The van der Waals surface area contributed by atoms with Gasteiger partial charge in [0, 0.05) is 6.54 Å². The third-order valence-corrected chi connectivity index (χ3v) is 3.57. The predicted octanol–water partition coefficient (Wildman–Crippen LogP) is 2.91. The van der Waals surface area contributed by atoms with E-state index in [0.29, 0.717) is 29.4 Å². The summed E-state index contributed by atoms with van der Waals surface area (Å²) in [6, 6.07) is 7.23. The molecule has 0 aromatic heterocycles. The summed E-state index contributed by atoms with van der Waals surface area (Å²) >= 11 is 11.6. The number of nitrogens with zero attached hydrogens (tertiary/aromatic N) is 1. The monoisotopic (exact) mass is 268 g/mol. The normalized spacial score (nSPS) is 16.1. The summed E-state index contributed by atoms with van der Waals surface area (Å²) in [5.41, 5.74) is 0.0810. The van der Waals surface area contributed by atoms with E-state index in [4.69, 9.17) is 28.5 Å². The summed E-state index contributed by atoms with van der Waals surface area (Å²) in [7, 11) is 0. The summed E-state index contributed by atoms with van der Waals surface area (Å²) in [5, 5.41) is 12.5. The van der Waals surface area contributed by atoms with Crippen LogP contribution in [0.2, 0.25) is 10.0 Å². The van der Waals surface area contributed by atoms with Crippen molar-refractivity contribution in [2.24, 2.45) is 5.41 Å². The molecule has 1 aromatic rings. The zero-order valence-corrected chi connectivity index (χ0v) is 10.5. The van der Waals surface area contributed by atoms with Crippen molar-refractivity contribution in [1.29, 1.82) is 5.26 Å². The van der Waals surface area contributed by atoms with Crippen molar-refractivity contribution in [3.05, 3.63) is 33.8 Å². The lowest BCUT2D eigenvalue weighted by atomic mass is 10.1. The largest absolute Gasteiger partial charge is 0.351 e. The fourth-order valence-corrected chi connectivity index (χ4v) is 1.84. The summed E-state index contributed by atoms with van der Waals surface area (Å²) in [6.45, 7) is 0.360.